The predicted octanol–water partition coefficient (Wildman–Crippen LogP) is 1.07. The molecule has 6 heteroatoms. The van der Waals surface area contributed by atoms with Crippen LogP contribution < -0.4 is 5.73 Å². The van der Waals surface area contributed by atoms with Gasteiger partial charge in [0.2, 0.25) is 0 Å². The fraction of sp³-hybridized carbons (Fsp3) is 0.750. The first-order chi connectivity index (χ1) is 8.74. The van der Waals surface area contributed by atoms with Gasteiger partial charge in [-0.05, 0) is 12.8 Å². The van der Waals surface area contributed by atoms with Crippen LogP contribution in [0.5, 0.6) is 0 Å². The van der Waals surface area contributed by atoms with E-state index in [1.54, 1.807) is 7.11 Å². The van der Waals surface area contributed by atoms with Crippen LogP contribution in [0, 0.1) is 0 Å². The van der Waals surface area contributed by atoms with Gasteiger partial charge in [-0.25, -0.2) is 4.68 Å². The molecule has 0 atom stereocenters. The van der Waals surface area contributed by atoms with E-state index >= 15 is 0 Å². The van der Waals surface area contributed by atoms with Crippen LogP contribution in [0.3, 0.4) is 0 Å². The highest BCUT2D eigenvalue weighted by Crippen LogP contribution is 2.29. The molecule has 18 heavy (non-hydrogen) atoms. The van der Waals surface area contributed by atoms with Crippen LogP contribution in [0.4, 0.5) is 0 Å². The number of carbonyl (C=O) groups excluding carboxylic acids is 1. The van der Waals surface area contributed by atoms with Gasteiger partial charge in [-0.2, -0.15) is 0 Å². The molecule has 1 fully saturated rings. The summed E-state index contributed by atoms with van der Waals surface area (Å²) in [6.07, 6.45) is 6.52. The lowest BCUT2D eigenvalue weighted by molar-refractivity contribution is 0.0994. The Morgan fingerprint density at radius 3 is 2.78 bits per heavy atom. The number of aromatic nitrogens is 3. The van der Waals surface area contributed by atoms with E-state index in [0.717, 1.165) is 18.5 Å². The van der Waals surface area contributed by atoms with E-state index in [1.807, 2.05) is 4.68 Å². The third-order valence-electron chi connectivity index (χ3n) is 3.49. The molecule has 0 radical (unpaired) electrons. The number of primary amides is 1. The number of rotatable bonds is 5. The van der Waals surface area contributed by atoms with E-state index in [1.165, 1.54) is 19.3 Å². The fourth-order valence-corrected chi connectivity index (χ4v) is 2.56. The monoisotopic (exact) mass is 252 g/mol. The molecule has 0 aliphatic heterocycles. The largest absolute Gasteiger partial charge is 0.384 e. The molecule has 1 saturated carbocycles. The molecule has 1 amide bonds. The Balaban J connectivity index is 2.24. The zero-order valence-corrected chi connectivity index (χ0v) is 10.8. The standard InChI is InChI=1S/C12H20N4O2/c1-18-8-7-10-11(12(13)17)14-15-16(10)9-5-3-2-4-6-9/h9H,2-8H2,1H3,(H2,13,17). The number of hydrogen-bond donors (Lipinski definition) is 1. The molecule has 1 aliphatic carbocycles. The number of hydrogen-bond acceptors (Lipinski definition) is 4. The molecular weight excluding hydrogens is 232 g/mol. The smallest absolute Gasteiger partial charge is 0.271 e. The highest BCUT2D eigenvalue weighted by atomic mass is 16.5. The molecule has 2 N–H and O–H groups in total. The van der Waals surface area contributed by atoms with Crippen molar-refractivity contribution in [3.8, 4) is 0 Å². The molecule has 6 nitrogen and oxygen atoms in total. The molecule has 1 aromatic heterocycles. The van der Waals surface area contributed by atoms with E-state index in [9.17, 15) is 4.79 Å². The first-order valence-electron chi connectivity index (χ1n) is 6.47. The Labute approximate surface area is 106 Å². The van der Waals surface area contributed by atoms with Gasteiger partial charge in [0, 0.05) is 13.5 Å². The maximum atomic E-state index is 11.3. The Morgan fingerprint density at radius 2 is 2.17 bits per heavy atom. The van der Waals surface area contributed by atoms with E-state index in [0.29, 0.717) is 19.1 Å². The first kappa shape index (κ1) is 13.0. The van der Waals surface area contributed by atoms with Gasteiger partial charge in [-0.1, -0.05) is 24.5 Å². The van der Waals surface area contributed by atoms with E-state index in [2.05, 4.69) is 10.3 Å². The summed E-state index contributed by atoms with van der Waals surface area (Å²) in [5, 5.41) is 8.05. The normalized spacial score (nSPS) is 16.9. The number of amides is 1. The maximum absolute atomic E-state index is 11.3. The van der Waals surface area contributed by atoms with Crippen molar-refractivity contribution in [2.24, 2.45) is 5.73 Å². The van der Waals surface area contributed by atoms with Crippen molar-refractivity contribution in [2.75, 3.05) is 13.7 Å². The van der Waals surface area contributed by atoms with Crippen molar-refractivity contribution in [3.63, 3.8) is 0 Å². The summed E-state index contributed by atoms with van der Waals surface area (Å²) in [6, 6.07) is 0.353. The van der Waals surface area contributed by atoms with Crippen molar-refractivity contribution in [1.29, 1.82) is 0 Å². The number of ether oxygens (including phenoxy) is 1. The summed E-state index contributed by atoms with van der Waals surface area (Å²) >= 11 is 0. The number of carbonyl (C=O) groups is 1. The molecule has 0 aromatic carbocycles. The van der Waals surface area contributed by atoms with Gasteiger partial charge in [-0.15, -0.1) is 5.10 Å². The average molecular weight is 252 g/mol. The van der Waals surface area contributed by atoms with E-state index in [-0.39, 0.29) is 5.69 Å². The topological polar surface area (TPSA) is 83.0 Å². The quantitative estimate of drug-likeness (QED) is 0.849. The predicted molar refractivity (Wildman–Crippen MR) is 66.2 cm³/mol. The summed E-state index contributed by atoms with van der Waals surface area (Å²) in [7, 11) is 1.64. The van der Waals surface area contributed by atoms with Gasteiger partial charge < -0.3 is 10.5 Å². The average Bonchev–Trinajstić information content (AvgIpc) is 2.81. The molecule has 0 bridgehead atoms. The fourth-order valence-electron chi connectivity index (χ4n) is 2.56. The van der Waals surface area contributed by atoms with Crippen LogP contribution in [0.25, 0.3) is 0 Å². The van der Waals surface area contributed by atoms with E-state index < -0.39 is 5.91 Å². The van der Waals surface area contributed by atoms with Crippen LogP contribution in [0.15, 0.2) is 0 Å². The van der Waals surface area contributed by atoms with Gasteiger partial charge in [0.05, 0.1) is 18.3 Å². The van der Waals surface area contributed by atoms with Crippen molar-refractivity contribution in [3.05, 3.63) is 11.4 Å². The number of nitrogens with two attached hydrogens (primary N) is 1. The SMILES string of the molecule is COCCc1c(C(N)=O)nnn1C1CCCCC1. The highest BCUT2D eigenvalue weighted by molar-refractivity contribution is 5.91. The number of nitrogens with zero attached hydrogens (tertiary/aromatic N) is 3. The summed E-state index contributed by atoms with van der Waals surface area (Å²) in [5.74, 6) is -0.511. The van der Waals surface area contributed by atoms with Crippen LogP contribution >= 0.6 is 0 Å². The van der Waals surface area contributed by atoms with Crippen molar-refractivity contribution in [1.82, 2.24) is 15.0 Å². The lowest BCUT2D eigenvalue weighted by atomic mass is 9.95. The van der Waals surface area contributed by atoms with Crippen molar-refractivity contribution in [2.45, 2.75) is 44.6 Å². The molecule has 2 rings (SSSR count). The molecule has 1 aliphatic rings. The zero-order chi connectivity index (χ0) is 13.0. The van der Waals surface area contributed by atoms with Crippen LogP contribution in [0.2, 0.25) is 0 Å². The Morgan fingerprint density at radius 1 is 1.44 bits per heavy atom. The van der Waals surface area contributed by atoms with Gasteiger partial charge in [0.15, 0.2) is 5.69 Å². The Hall–Kier alpha value is -1.43. The van der Waals surface area contributed by atoms with Crippen molar-refractivity contribution >= 4 is 5.91 Å². The third kappa shape index (κ3) is 2.69. The number of methoxy groups -OCH3 is 1. The van der Waals surface area contributed by atoms with Crippen LogP contribution in [0.1, 0.15) is 54.3 Å². The lowest BCUT2D eigenvalue weighted by Crippen LogP contribution is -2.20. The highest BCUT2D eigenvalue weighted by Gasteiger charge is 2.23. The van der Waals surface area contributed by atoms with Crippen LogP contribution in [-0.4, -0.2) is 34.6 Å². The maximum Gasteiger partial charge on any atom is 0.271 e. The molecule has 1 aromatic rings. The second-order valence-corrected chi connectivity index (χ2v) is 4.73. The van der Waals surface area contributed by atoms with Crippen LogP contribution in [-0.2, 0) is 11.2 Å². The third-order valence-corrected chi connectivity index (χ3v) is 3.49. The lowest BCUT2D eigenvalue weighted by Gasteiger charge is -2.23. The minimum Gasteiger partial charge on any atom is -0.384 e. The molecule has 0 spiro atoms. The minimum atomic E-state index is -0.511. The Kier molecular flexibility index (Phi) is 4.30. The zero-order valence-electron chi connectivity index (χ0n) is 10.8. The Bertz CT molecular complexity index is 410. The second-order valence-electron chi connectivity index (χ2n) is 4.73. The molecule has 0 saturated heterocycles. The van der Waals surface area contributed by atoms with Gasteiger partial charge in [0.25, 0.3) is 5.91 Å². The summed E-state index contributed by atoms with van der Waals surface area (Å²) < 4.78 is 6.96. The molecule has 1 heterocycles. The summed E-state index contributed by atoms with van der Waals surface area (Å²) in [5.41, 5.74) is 6.44. The van der Waals surface area contributed by atoms with Crippen molar-refractivity contribution < 1.29 is 9.53 Å². The van der Waals surface area contributed by atoms with Gasteiger partial charge in [0.1, 0.15) is 0 Å². The second kappa shape index (κ2) is 5.95. The molecule has 100 valence electrons. The van der Waals surface area contributed by atoms with Gasteiger partial charge in [-0.3, -0.25) is 4.79 Å². The minimum absolute atomic E-state index is 0.289. The summed E-state index contributed by atoms with van der Waals surface area (Å²) in [4.78, 5) is 11.3. The van der Waals surface area contributed by atoms with Gasteiger partial charge >= 0.3 is 0 Å². The summed E-state index contributed by atoms with van der Waals surface area (Å²) in [6.45, 7) is 0.542. The van der Waals surface area contributed by atoms with E-state index in [4.69, 9.17) is 10.5 Å². The first-order valence-corrected chi connectivity index (χ1v) is 6.47. The molecule has 0 unspecified atom stereocenters. The molecular formula is C12H20N4O2.